The number of alkyl halides is 3. The van der Waals surface area contributed by atoms with E-state index in [2.05, 4.69) is 35.8 Å². The van der Waals surface area contributed by atoms with Crippen LogP contribution < -0.4 is 16.4 Å². The zero-order valence-electron chi connectivity index (χ0n) is 16.0. The normalized spacial score (nSPS) is 11.5. The molecule has 4 heterocycles. The van der Waals surface area contributed by atoms with Crippen LogP contribution in [0.1, 0.15) is 12.6 Å². The Kier molecular flexibility index (Phi) is 5.75. The Morgan fingerprint density at radius 2 is 1.94 bits per heavy atom. The number of aromatic nitrogens is 5. The van der Waals surface area contributed by atoms with E-state index in [1.54, 1.807) is 12.3 Å². The third-order valence-corrected chi connectivity index (χ3v) is 5.65. The van der Waals surface area contributed by atoms with Crippen LogP contribution in [-0.4, -0.2) is 37.7 Å². The van der Waals surface area contributed by atoms with Gasteiger partial charge in [0, 0.05) is 34.6 Å². The summed E-state index contributed by atoms with van der Waals surface area (Å²) in [5, 5.41) is 13.8. The molecule has 4 aromatic heterocycles. The molecule has 0 aliphatic heterocycles. The summed E-state index contributed by atoms with van der Waals surface area (Å²) in [6.07, 6.45) is -3.23. The second kappa shape index (κ2) is 8.51. The van der Waals surface area contributed by atoms with Crippen LogP contribution >= 0.6 is 22.7 Å². The average Bonchev–Trinajstić information content (AvgIpc) is 3.48. The highest BCUT2D eigenvalue weighted by molar-refractivity contribution is 7.14. The molecule has 0 aliphatic carbocycles. The standard InChI is InChI=1S/C17H12F3N7O3S2/c1-2-21-15(28)25-11-3-7(13-24-10(6-32-13)17(18,19)20)8(4-22-11)14-23-9(5-31-14)12-26-27-16(29)30-12/h3-6H,2H2,1H3,(H,27,29)(H2,21,22,25,28). The van der Waals surface area contributed by atoms with Gasteiger partial charge in [-0.15, -0.1) is 27.8 Å². The predicted octanol–water partition coefficient (Wildman–Crippen LogP) is 3.83. The van der Waals surface area contributed by atoms with Crippen LogP contribution in [0.4, 0.5) is 23.8 Å². The number of hydrogen-bond acceptors (Lipinski definition) is 9. The summed E-state index contributed by atoms with van der Waals surface area (Å²) in [6.45, 7) is 2.11. The highest BCUT2D eigenvalue weighted by Crippen LogP contribution is 2.39. The molecule has 10 nitrogen and oxygen atoms in total. The maximum absolute atomic E-state index is 13.1. The number of amides is 2. The molecule has 0 atom stereocenters. The molecule has 0 radical (unpaired) electrons. The lowest BCUT2D eigenvalue weighted by atomic mass is 10.1. The maximum Gasteiger partial charge on any atom is 0.434 e. The molecule has 3 N–H and O–H groups in total. The lowest BCUT2D eigenvalue weighted by molar-refractivity contribution is -0.140. The number of H-pyrrole nitrogens is 1. The van der Waals surface area contributed by atoms with Gasteiger partial charge in [-0.3, -0.25) is 5.32 Å². The molecule has 0 spiro atoms. The molecule has 0 aliphatic rings. The molecule has 4 rings (SSSR count). The molecule has 2 amide bonds. The first kappa shape index (κ1) is 21.6. The number of hydrogen-bond donors (Lipinski definition) is 3. The van der Waals surface area contributed by atoms with Crippen LogP contribution in [-0.2, 0) is 6.18 Å². The summed E-state index contributed by atoms with van der Waals surface area (Å²) in [5.41, 5.74) is -0.106. The third kappa shape index (κ3) is 4.52. The van der Waals surface area contributed by atoms with Gasteiger partial charge in [0.15, 0.2) is 5.69 Å². The second-order valence-corrected chi connectivity index (χ2v) is 7.81. The molecule has 0 fully saturated rings. The van der Waals surface area contributed by atoms with E-state index in [4.69, 9.17) is 4.42 Å². The molecular formula is C17H12F3N7O3S2. The number of nitrogens with zero attached hydrogens (tertiary/aromatic N) is 4. The summed E-state index contributed by atoms with van der Waals surface area (Å²) >= 11 is 1.94. The van der Waals surface area contributed by atoms with Gasteiger partial charge in [-0.2, -0.15) is 13.2 Å². The minimum Gasteiger partial charge on any atom is -0.386 e. The first-order valence-corrected chi connectivity index (χ1v) is 10.6. The van der Waals surface area contributed by atoms with E-state index in [-0.39, 0.29) is 28.0 Å². The van der Waals surface area contributed by atoms with Gasteiger partial charge in [-0.25, -0.2) is 29.6 Å². The zero-order valence-corrected chi connectivity index (χ0v) is 17.6. The van der Waals surface area contributed by atoms with E-state index in [1.165, 1.54) is 12.3 Å². The van der Waals surface area contributed by atoms with Gasteiger partial charge >= 0.3 is 18.0 Å². The predicted molar refractivity (Wildman–Crippen MR) is 110 cm³/mol. The smallest absolute Gasteiger partial charge is 0.386 e. The van der Waals surface area contributed by atoms with Crippen LogP contribution in [0.15, 0.2) is 32.2 Å². The van der Waals surface area contributed by atoms with E-state index < -0.39 is 23.7 Å². The topological polar surface area (TPSA) is 139 Å². The lowest BCUT2D eigenvalue weighted by Crippen LogP contribution is -2.28. The van der Waals surface area contributed by atoms with Gasteiger partial charge < -0.3 is 9.73 Å². The Balaban J connectivity index is 1.78. The van der Waals surface area contributed by atoms with E-state index in [0.29, 0.717) is 17.1 Å². The van der Waals surface area contributed by atoms with Gasteiger partial charge in [0.2, 0.25) is 0 Å². The number of carbonyl (C=O) groups is 1. The summed E-state index contributed by atoms with van der Waals surface area (Å²) in [4.78, 5) is 35.2. The maximum atomic E-state index is 13.1. The van der Waals surface area contributed by atoms with Gasteiger partial charge in [0.25, 0.3) is 5.89 Å². The summed E-state index contributed by atoms with van der Waals surface area (Å²) < 4.78 is 44.1. The van der Waals surface area contributed by atoms with Crippen molar-refractivity contribution < 1.29 is 22.4 Å². The molecule has 32 heavy (non-hydrogen) atoms. The van der Waals surface area contributed by atoms with Crippen molar-refractivity contribution in [2.24, 2.45) is 0 Å². The van der Waals surface area contributed by atoms with Gasteiger partial charge in [-0.1, -0.05) is 0 Å². The molecule has 0 bridgehead atoms. The highest BCUT2D eigenvalue weighted by Gasteiger charge is 2.34. The highest BCUT2D eigenvalue weighted by atomic mass is 32.1. The number of halogens is 3. The van der Waals surface area contributed by atoms with Crippen molar-refractivity contribution >= 4 is 34.5 Å². The van der Waals surface area contributed by atoms with Crippen LogP contribution in [0.2, 0.25) is 0 Å². The van der Waals surface area contributed by atoms with Crippen LogP contribution in [0.5, 0.6) is 0 Å². The SMILES string of the molecule is CCNC(=O)Nc1cc(-c2nc(C(F)(F)F)cs2)c(-c2nc(-c3n[nH]c(=O)o3)cs2)cn1. The van der Waals surface area contributed by atoms with E-state index in [0.717, 1.165) is 28.1 Å². The Hall–Kier alpha value is -3.59. The fourth-order valence-electron chi connectivity index (χ4n) is 2.55. The minimum absolute atomic E-state index is 0.0323. The number of nitrogens with one attached hydrogen (secondary N) is 3. The van der Waals surface area contributed by atoms with Crippen molar-refractivity contribution in [1.82, 2.24) is 30.5 Å². The monoisotopic (exact) mass is 483 g/mol. The summed E-state index contributed by atoms with van der Waals surface area (Å²) in [7, 11) is 0. The third-order valence-electron chi connectivity index (χ3n) is 3.90. The number of thiazole rings is 2. The lowest BCUT2D eigenvalue weighted by Gasteiger charge is -2.09. The fraction of sp³-hybridized carbons (Fsp3) is 0.176. The fourth-order valence-corrected chi connectivity index (χ4v) is 4.23. The molecule has 15 heteroatoms. The number of rotatable bonds is 5. The van der Waals surface area contributed by atoms with Gasteiger partial charge in [0.05, 0.1) is 0 Å². The van der Waals surface area contributed by atoms with E-state index in [9.17, 15) is 22.8 Å². The van der Waals surface area contributed by atoms with Crippen molar-refractivity contribution in [1.29, 1.82) is 0 Å². The average molecular weight is 483 g/mol. The van der Waals surface area contributed by atoms with E-state index in [1.807, 2.05) is 0 Å². The Labute approximate surface area is 184 Å². The molecular weight excluding hydrogens is 471 g/mol. The van der Waals surface area contributed by atoms with Crippen LogP contribution in [0, 0.1) is 0 Å². The minimum atomic E-state index is -4.60. The van der Waals surface area contributed by atoms with Crippen molar-refractivity contribution in [3.63, 3.8) is 0 Å². The number of anilines is 1. The van der Waals surface area contributed by atoms with Gasteiger partial charge in [0.1, 0.15) is 21.5 Å². The van der Waals surface area contributed by atoms with Crippen molar-refractivity contribution in [2.75, 3.05) is 11.9 Å². The first-order chi connectivity index (χ1) is 15.2. The first-order valence-electron chi connectivity index (χ1n) is 8.84. The molecule has 0 unspecified atom stereocenters. The molecule has 0 saturated carbocycles. The largest absolute Gasteiger partial charge is 0.434 e. The second-order valence-electron chi connectivity index (χ2n) is 6.09. The number of urea groups is 1. The van der Waals surface area contributed by atoms with Crippen molar-refractivity contribution in [3.05, 3.63) is 39.3 Å². The molecule has 0 saturated heterocycles. The summed E-state index contributed by atoms with van der Waals surface area (Å²) in [5.74, 6) is -0.663. The number of carbonyl (C=O) groups excluding carboxylic acids is 1. The summed E-state index contributed by atoms with van der Waals surface area (Å²) in [6, 6.07) is 0.901. The molecule has 0 aromatic carbocycles. The van der Waals surface area contributed by atoms with Crippen LogP contribution in [0.25, 0.3) is 32.7 Å². The van der Waals surface area contributed by atoms with E-state index >= 15 is 0 Å². The van der Waals surface area contributed by atoms with Crippen molar-refractivity contribution in [3.8, 4) is 32.7 Å². The number of pyridine rings is 1. The quantitative estimate of drug-likeness (QED) is 0.392. The number of aromatic amines is 1. The Morgan fingerprint density at radius 3 is 2.59 bits per heavy atom. The van der Waals surface area contributed by atoms with Crippen LogP contribution in [0.3, 0.4) is 0 Å². The zero-order chi connectivity index (χ0) is 22.9. The van der Waals surface area contributed by atoms with Gasteiger partial charge in [-0.05, 0) is 13.0 Å². The molecule has 166 valence electrons. The molecule has 4 aromatic rings. The van der Waals surface area contributed by atoms with Crippen molar-refractivity contribution in [2.45, 2.75) is 13.1 Å². The Bertz CT molecular complexity index is 1330. The Morgan fingerprint density at radius 1 is 1.19 bits per heavy atom.